The highest BCUT2D eigenvalue weighted by Gasteiger charge is 2.15. The average molecular weight is 643 g/mol. The van der Waals surface area contributed by atoms with Gasteiger partial charge in [0.2, 0.25) is 11.6 Å². The molecule has 240 valence electrons. The van der Waals surface area contributed by atoms with Crippen LogP contribution in [-0.2, 0) is 13.1 Å². The van der Waals surface area contributed by atoms with E-state index in [0.717, 1.165) is 22.3 Å². The normalized spacial score (nSPS) is 11.1. The minimum absolute atomic E-state index is 0.226. The summed E-state index contributed by atoms with van der Waals surface area (Å²) in [6, 6.07) is 31.6. The molecule has 0 saturated heterocycles. The van der Waals surface area contributed by atoms with Crippen molar-refractivity contribution >= 4 is 23.7 Å². The lowest BCUT2D eigenvalue weighted by atomic mass is 10.1. The van der Waals surface area contributed by atoms with E-state index < -0.39 is 0 Å². The van der Waals surface area contributed by atoms with Crippen LogP contribution in [0.25, 0.3) is 12.2 Å². The molecule has 2 heterocycles. The van der Waals surface area contributed by atoms with Gasteiger partial charge in [-0.3, -0.25) is 9.59 Å². The van der Waals surface area contributed by atoms with Gasteiger partial charge in [-0.25, -0.2) is 18.1 Å². The Labute approximate surface area is 276 Å². The minimum Gasteiger partial charge on any atom is -0.287 e. The lowest BCUT2D eigenvalue weighted by molar-refractivity contribution is 0.103. The molecule has 48 heavy (non-hydrogen) atoms. The second-order valence-corrected chi connectivity index (χ2v) is 10.8. The largest absolute Gasteiger partial charge is 0.287 e. The number of ketones is 2. The van der Waals surface area contributed by atoms with Gasteiger partial charge >= 0.3 is 0 Å². The van der Waals surface area contributed by atoms with E-state index in [1.165, 1.54) is 36.4 Å². The Morgan fingerprint density at radius 1 is 0.562 bits per heavy atom. The van der Waals surface area contributed by atoms with Crippen LogP contribution in [0.2, 0.25) is 0 Å². The van der Waals surface area contributed by atoms with Gasteiger partial charge in [-0.15, -0.1) is 10.2 Å². The van der Waals surface area contributed by atoms with Crippen molar-refractivity contribution in [3.63, 3.8) is 0 Å². The van der Waals surface area contributed by atoms with Crippen molar-refractivity contribution in [3.8, 4) is 0 Å². The molecule has 0 N–H and O–H groups in total. The topological polar surface area (TPSA) is 95.6 Å². The fourth-order valence-corrected chi connectivity index (χ4v) is 4.64. The maximum absolute atomic E-state index is 12.9. The summed E-state index contributed by atoms with van der Waals surface area (Å²) in [4.78, 5) is 24.6. The van der Waals surface area contributed by atoms with Crippen molar-refractivity contribution in [1.82, 2.24) is 30.0 Å². The van der Waals surface area contributed by atoms with Crippen LogP contribution in [0.1, 0.15) is 54.6 Å². The number of allylic oxidation sites excluding steroid dienone is 2. The molecule has 0 spiro atoms. The molecule has 8 nitrogen and oxygen atoms in total. The molecule has 10 heteroatoms. The van der Waals surface area contributed by atoms with Gasteiger partial charge < -0.3 is 0 Å². The van der Waals surface area contributed by atoms with Crippen LogP contribution in [0.3, 0.4) is 0 Å². The number of hydrogen-bond donors (Lipinski definition) is 0. The molecule has 0 amide bonds. The monoisotopic (exact) mass is 642 g/mol. The molecule has 0 aliphatic rings. The van der Waals surface area contributed by atoms with Gasteiger partial charge in [0, 0.05) is 0 Å². The summed E-state index contributed by atoms with van der Waals surface area (Å²) in [7, 11) is 0. The highest BCUT2D eigenvalue weighted by atomic mass is 19.1. The molecule has 0 radical (unpaired) electrons. The number of aromatic nitrogens is 6. The van der Waals surface area contributed by atoms with Gasteiger partial charge in [0.15, 0.2) is 11.4 Å². The Bertz CT molecular complexity index is 1880. The van der Waals surface area contributed by atoms with E-state index in [9.17, 15) is 18.4 Å². The fourth-order valence-electron chi connectivity index (χ4n) is 4.64. The maximum Gasteiger partial charge on any atom is 0.208 e. The van der Waals surface area contributed by atoms with Crippen molar-refractivity contribution in [2.75, 3.05) is 0 Å². The standard InChI is InChI=1S/2C19H16FN3O/c2*1-14-19(18(24)12-9-15-7-10-17(20)11-8-15)21-22-23(14)13-16-5-3-2-4-6-16/h2*2-12H,13H2,1H3/b2*12-9+. The number of rotatable bonds is 10. The Morgan fingerprint density at radius 2 is 0.917 bits per heavy atom. The number of halogens is 2. The second kappa shape index (κ2) is 15.9. The SMILES string of the molecule is Cc1c(C(=O)/C=C/c2ccc(F)cc2)nnn1Cc1ccccc1.Cc1c(C(=O)/C=C/c2ccc(F)cc2)nnn1Cc1ccccc1. The zero-order chi connectivity index (χ0) is 33.9. The maximum atomic E-state index is 12.9. The highest BCUT2D eigenvalue weighted by Crippen LogP contribution is 2.13. The van der Waals surface area contributed by atoms with Crippen LogP contribution in [-0.4, -0.2) is 41.6 Å². The van der Waals surface area contributed by atoms with Gasteiger partial charge in [0.1, 0.15) is 11.6 Å². The van der Waals surface area contributed by atoms with Crippen LogP contribution in [0, 0.1) is 25.5 Å². The van der Waals surface area contributed by atoms with Gasteiger partial charge in [-0.2, -0.15) is 0 Å². The first-order valence-corrected chi connectivity index (χ1v) is 15.1. The smallest absolute Gasteiger partial charge is 0.208 e. The third-order valence-electron chi connectivity index (χ3n) is 7.38. The van der Waals surface area contributed by atoms with E-state index in [1.54, 1.807) is 45.8 Å². The molecule has 0 fully saturated rings. The molecule has 0 aliphatic heterocycles. The fraction of sp³-hybridized carbons (Fsp3) is 0.105. The van der Waals surface area contributed by atoms with Crippen molar-refractivity contribution < 1.29 is 18.4 Å². The number of hydrogen-bond acceptors (Lipinski definition) is 6. The molecule has 0 atom stereocenters. The predicted octanol–water partition coefficient (Wildman–Crippen LogP) is 7.34. The van der Waals surface area contributed by atoms with Crippen molar-refractivity contribution in [2.45, 2.75) is 26.9 Å². The molecule has 0 bridgehead atoms. The Kier molecular flexibility index (Phi) is 11.0. The summed E-state index contributed by atoms with van der Waals surface area (Å²) in [6.45, 7) is 4.77. The zero-order valence-electron chi connectivity index (χ0n) is 26.4. The Balaban J connectivity index is 0.000000188. The lowest BCUT2D eigenvalue weighted by Gasteiger charge is -2.03. The van der Waals surface area contributed by atoms with Crippen LogP contribution in [0.15, 0.2) is 121 Å². The van der Waals surface area contributed by atoms with Gasteiger partial charge in [0.25, 0.3) is 0 Å². The molecule has 2 aromatic heterocycles. The quantitative estimate of drug-likeness (QED) is 0.115. The molecule has 6 aromatic rings. The molecule has 4 aromatic carbocycles. The predicted molar refractivity (Wildman–Crippen MR) is 180 cm³/mol. The van der Waals surface area contributed by atoms with Crippen molar-refractivity contribution in [1.29, 1.82) is 0 Å². The van der Waals surface area contributed by atoms with Gasteiger partial charge in [0.05, 0.1) is 24.5 Å². The summed E-state index contributed by atoms with van der Waals surface area (Å²) < 4.78 is 29.2. The minimum atomic E-state index is -0.307. The van der Waals surface area contributed by atoms with Crippen LogP contribution in [0.4, 0.5) is 8.78 Å². The number of carbonyl (C=O) groups excluding carboxylic acids is 2. The third-order valence-corrected chi connectivity index (χ3v) is 7.38. The average Bonchev–Trinajstić information content (AvgIpc) is 3.66. The van der Waals surface area contributed by atoms with E-state index in [0.29, 0.717) is 35.9 Å². The molecule has 0 unspecified atom stereocenters. The third kappa shape index (κ3) is 8.97. The number of nitrogens with zero attached hydrogens (tertiary/aromatic N) is 6. The molecule has 6 rings (SSSR count). The van der Waals surface area contributed by atoms with Crippen LogP contribution in [0.5, 0.6) is 0 Å². The van der Waals surface area contributed by atoms with E-state index in [2.05, 4.69) is 20.6 Å². The first-order chi connectivity index (χ1) is 23.3. The summed E-state index contributed by atoms with van der Waals surface area (Å²) >= 11 is 0. The zero-order valence-corrected chi connectivity index (χ0v) is 26.4. The first-order valence-electron chi connectivity index (χ1n) is 15.1. The summed E-state index contributed by atoms with van der Waals surface area (Å²) in [6.07, 6.45) is 6.13. The molecular formula is C38H32F2N6O2. The summed E-state index contributed by atoms with van der Waals surface area (Å²) in [5, 5.41) is 16.1. The van der Waals surface area contributed by atoms with Crippen molar-refractivity contribution in [2.24, 2.45) is 0 Å². The Morgan fingerprint density at radius 3 is 1.27 bits per heavy atom. The summed E-state index contributed by atoms with van der Waals surface area (Å²) in [5.41, 5.74) is 5.75. The van der Waals surface area contributed by atoms with Gasteiger partial charge in [-0.1, -0.05) is 108 Å². The second-order valence-electron chi connectivity index (χ2n) is 10.8. The summed E-state index contributed by atoms with van der Waals surface area (Å²) in [5.74, 6) is -1.07. The van der Waals surface area contributed by atoms with Gasteiger partial charge in [-0.05, 0) is 72.5 Å². The molecule has 0 saturated carbocycles. The van der Waals surface area contributed by atoms with E-state index >= 15 is 0 Å². The van der Waals surface area contributed by atoms with E-state index in [-0.39, 0.29) is 23.2 Å². The lowest BCUT2D eigenvalue weighted by Crippen LogP contribution is -2.05. The van der Waals surface area contributed by atoms with Crippen LogP contribution >= 0.6 is 0 Å². The van der Waals surface area contributed by atoms with Crippen LogP contribution < -0.4 is 0 Å². The van der Waals surface area contributed by atoms with E-state index in [4.69, 9.17) is 0 Å². The highest BCUT2D eigenvalue weighted by molar-refractivity contribution is 6.06. The molecular weight excluding hydrogens is 610 g/mol. The Hall–Kier alpha value is -6.16. The molecule has 0 aliphatic carbocycles. The van der Waals surface area contributed by atoms with E-state index in [1.807, 2.05) is 74.5 Å². The van der Waals surface area contributed by atoms with Crippen molar-refractivity contribution in [3.05, 3.63) is 178 Å². The first kappa shape index (κ1) is 33.2. The number of carbonyl (C=O) groups is 2. The number of benzene rings is 4.